The van der Waals surface area contributed by atoms with E-state index in [9.17, 15) is 4.79 Å². The number of carbonyl (C=O) groups excluding carboxylic acids is 1. The van der Waals surface area contributed by atoms with E-state index in [-0.39, 0.29) is 0 Å². The minimum Gasteiger partial charge on any atom is -0.302 e. The SMILES string of the molecule is CC(C=O)(Cc1ccncc1)c1cccc(Cl)c1. The Morgan fingerprint density at radius 2 is 2.00 bits per heavy atom. The van der Waals surface area contributed by atoms with Gasteiger partial charge in [0, 0.05) is 17.4 Å². The minimum absolute atomic E-state index is 0.563. The van der Waals surface area contributed by atoms with Gasteiger partial charge in [-0.15, -0.1) is 0 Å². The van der Waals surface area contributed by atoms with Crippen molar-refractivity contribution in [1.29, 1.82) is 0 Å². The average molecular weight is 260 g/mol. The van der Waals surface area contributed by atoms with Gasteiger partial charge in [-0.1, -0.05) is 23.7 Å². The number of aromatic nitrogens is 1. The second kappa shape index (κ2) is 5.32. The van der Waals surface area contributed by atoms with Crippen LogP contribution in [0.3, 0.4) is 0 Å². The largest absolute Gasteiger partial charge is 0.302 e. The summed E-state index contributed by atoms with van der Waals surface area (Å²) in [6.07, 6.45) is 5.09. The molecular formula is C15H14ClNO. The number of halogens is 1. The number of aldehydes is 1. The van der Waals surface area contributed by atoms with Crippen LogP contribution in [0.25, 0.3) is 0 Å². The van der Waals surface area contributed by atoms with Crippen molar-refractivity contribution in [3.05, 3.63) is 64.9 Å². The lowest BCUT2D eigenvalue weighted by molar-refractivity contribution is -0.112. The summed E-state index contributed by atoms with van der Waals surface area (Å²) in [5.74, 6) is 0. The van der Waals surface area contributed by atoms with Crippen LogP contribution in [0.15, 0.2) is 48.8 Å². The summed E-state index contributed by atoms with van der Waals surface area (Å²) in [4.78, 5) is 15.5. The summed E-state index contributed by atoms with van der Waals surface area (Å²) in [7, 11) is 0. The Bertz CT molecular complexity index is 541. The van der Waals surface area contributed by atoms with Crippen LogP contribution in [0.2, 0.25) is 5.02 Å². The van der Waals surface area contributed by atoms with E-state index in [1.54, 1.807) is 12.4 Å². The zero-order valence-electron chi connectivity index (χ0n) is 10.1. The normalized spacial score (nSPS) is 13.9. The second-order valence-electron chi connectivity index (χ2n) is 4.58. The van der Waals surface area contributed by atoms with Gasteiger partial charge in [0.2, 0.25) is 0 Å². The van der Waals surface area contributed by atoms with Crippen LogP contribution in [0.5, 0.6) is 0 Å². The Kier molecular flexibility index (Phi) is 3.78. The fourth-order valence-corrected chi connectivity index (χ4v) is 2.17. The third-order valence-electron chi connectivity index (χ3n) is 3.06. The number of hydrogen-bond donors (Lipinski definition) is 0. The predicted octanol–water partition coefficient (Wildman–Crippen LogP) is 3.43. The molecule has 1 unspecified atom stereocenters. The van der Waals surface area contributed by atoms with Gasteiger partial charge in [-0.2, -0.15) is 0 Å². The van der Waals surface area contributed by atoms with Gasteiger partial charge in [0.15, 0.2) is 0 Å². The molecule has 1 heterocycles. The molecule has 0 saturated heterocycles. The summed E-state index contributed by atoms with van der Waals surface area (Å²) in [5.41, 5.74) is 1.45. The summed E-state index contributed by atoms with van der Waals surface area (Å²) in [6.45, 7) is 1.92. The topological polar surface area (TPSA) is 30.0 Å². The molecule has 92 valence electrons. The lowest BCUT2D eigenvalue weighted by Crippen LogP contribution is -2.26. The van der Waals surface area contributed by atoms with Crippen molar-refractivity contribution in [2.75, 3.05) is 0 Å². The molecule has 1 aromatic carbocycles. The Hall–Kier alpha value is -1.67. The third-order valence-corrected chi connectivity index (χ3v) is 3.30. The highest BCUT2D eigenvalue weighted by atomic mass is 35.5. The number of rotatable bonds is 4. The highest BCUT2D eigenvalue weighted by Gasteiger charge is 2.26. The lowest BCUT2D eigenvalue weighted by Gasteiger charge is -2.24. The molecule has 2 rings (SSSR count). The third kappa shape index (κ3) is 2.77. The summed E-state index contributed by atoms with van der Waals surface area (Å²) in [6, 6.07) is 11.3. The highest BCUT2D eigenvalue weighted by Crippen LogP contribution is 2.27. The quantitative estimate of drug-likeness (QED) is 0.788. The van der Waals surface area contributed by atoms with E-state index in [1.807, 2.05) is 43.3 Å². The first-order valence-electron chi connectivity index (χ1n) is 5.75. The fraction of sp³-hybridized carbons (Fsp3) is 0.200. The van der Waals surface area contributed by atoms with Gasteiger partial charge in [-0.05, 0) is 48.7 Å². The van der Waals surface area contributed by atoms with E-state index in [2.05, 4.69) is 4.98 Å². The first-order valence-corrected chi connectivity index (χ1v) is 6.13. The maximum absolute atomic E-state index is 11.5. The van der Waals surface area contributed by atoms with Gasteiger partial charge < -0.3 is 4.79 Å². The molecule has 0 fully saturated rings. The van der Waals surface area contributed by atoms with Crippen LogP contribution in [0, 0.1) is 0 Å². The monoisotopic (exact) mass is 259 g/mol. The minimum atomic E-state index is -0.563. The second-order valence-corrected chi connectivity index (χ2v) is 5.01. The van der Waals surface area contributed by atoms with Crippen LogP contribution in [-0.2, 0) is 16.6 Å². The molecule has 0 bridgehead atoms. The summed E-state index contributed by atoms with van der Waals surface area (Å²) < 4.78 is 0. The van der Waals surface area contributed by atoms with E-state index in [0.29, 0.717) is 11.4 Å². The van der Waals surface area contributed by atoms with E-state index in [0.717, 1.165) is 17.4 Å². The Labute approximate surface area is 112 Å². The van der Waals surface area contributed by atoms with Crippen LogP contribution >= 0.6 is 11.6 Å². The van der Waals surface area contributed by atoms with Crippen molar-refractivity contribution in [3.8, 4) is 0 Å². The predicted molar refractivity (Wildman–Crippen MR) is 72.8 cm³/mol. The number of benzene rings is 1. The van der Waals surface area contributed by atoms with Crippen molar-refractivity contribution in [2.45, 2.75) is 18.8 Å². The Morgan fingerprint density at radius 1 is 1.28 bits per heavy atom. The molecule has 0 aliphatic rings. The van der Waals surface area contributed by atoms with E-state index in [1.165, 1.54) is 0 Å². The molecular weight excluding hydrogens is 246 g/mol. The molecule has 1 aromatic heterocycles. The Morgan fingerprint density at radius 3 is 2.61 bits per heavy atom. The zero-order valence-corrected chi connectivity index (χ0v) is 10.9. The molecule has 2 aromatic rings. The number of nitrogens with zero attached hydrogens (tertiary/aromatic N) is 1. The molecule has 0 aliphatic heterocycles. The van der Waals surface area contributed by atoms with Crippen molar-refractivity contribution in [2.24, 2.45) is 0 Å². The van der Waals surface area contributed by atoms with Gasteiger partial charge >= 0.3 is 0 Å². The fourth-order valence-electron chi connectivity index (χ4n) is 1.98. The van der Waals surface area contributed by atoms with Crippen molar-refractivity contribution >= 4 is 17.9 Å². The van der Waals surface area contributed by atoms with Crippen molar-refractivity contribution in [3.63, 3.8) is 0 Å². The van der Waals surface area contributed by atoms with Crippen molar-refractivity contribution in [1.82, 2.24) is 4.98 Å². The number of carbonyl (C=O) groups is 1. The average Bonchev–Trinajstić information content (AvgIpc) is 2.40. The summed E-state index contributed by atoms with van der Waals surface area (Å²) >= 11 is 5.98. The number of pyridine rings is 1. The molecule has 0 N–H and O–H groups in total. The van der Waals surface area contributed by atoms with Gasteiger partial charge in [-0.3, -0.25) is 4.98 Å². The van der Waals surface area contributed by atoms with E-state index < -0.39 is 5.41 Å². The molecule has 18 heavy (non-hydrogen) atoms. The molecule has 1 atom stereocenters. The van der Waals surface area contributed by atoms with E-state index >= 15 is 0 Å². The van der Waals surface area contributed by atoms with Crippen LogP contribution in [0.4, 0.5) is 0 Å². The number of hydrogen-bond acceptors (Lipinski definition) is 2. The van der Waals surface area contributed by atoms with Gasteiger partial charge in [0.25, 0.3) is 0 Å². The van der Waals surface area contributed by atoms with Gasteiger partial charge in [0.1, 0.15) is 6.29 Å². The molecule has 0 amide bonds. The van der Waals surface area contributed by atoms with Crippen LogP contribution < -0.4 is 0 Å². The molecule has 3 heteroatoms. The Balaban J connectivity index is 2.34. The smallest absolute Gasteiger partial charge is 0.130 e. The molecule has 0 radical (unpaired) electrons. The van der Waals surface area contributed by atoms with Crippen molar-refractivity contribution < 1.29 is 4.79 Å². The lowest BCUT2D eigenvalue weighted by atomic mass is 9.79. The standard InChI is InChI=1S/C15H14ClNO/c1-15(11-18,10-12-5-7-17-8-6-12)13-3-2-4-14(16)9-13/h2-9,11H,10H2,1H3. The maximum Gasteiger partial charge on any atom is 0.130 e. The molecule has 0 aliphatic carbocycles. The maximum atomic E-state index is 11.5. The first-order chi connectivity index (χ1) is 8.64. The van der Waals surface area contributed by atoms with Gasteiger partial charge in [0.05, 0.1) is 5.41 Å². The van der Waals surface area contributed by atoms with Gasteiger partial charge in [-0.25, -0.2) is 0 Å². The van der Waals surface area contributed by atoms with Crippen LogP contribution in [-0.4, -0.2) is 11.3 Å². The zero-order chi connectivity index (χ0) is 13.0. The first kappa shape index (κ1) is 12.8. The summed E-state index contributed by atoms with van der Waals surface area (Å²) in [5, 5.41) is 0.648. The molecule has 0 saturated carbocycles. The van der Waals surface area contributed by atoms with Crippen LogP contribution in [0.1, 0.15) is 18.1 Å². The highest BCUT2D eigenvalue weighted by molar-refractivity contribution is 6.30. The molecule has 0 spiro atoms. The van der Waals surface area contributed by atoms with E-state index in [4.69, 9.17) is 11.6 Å². The molecule has 2 nitrogen and oxygen atoms in total.